The number of fused-ring (bicyclic) bond motifs is 1. The second-order valence-electron chi connectivity index (χ2n) is 4.85. The van der Waals surface area contributed by atoms with Crippen molar-refractivity contribution in [3.8, 4) is 11.5 Å². The second kappa shape index (κ2) is 5.75. The standard InChI is InChI=1S/C16H17NO2S/c1-11-9-19-16-14(18-2)4-3-12(15(11)16)10-20-13-5-7-17-8-6-13/h3-8,11H,9-10H2,1-2H3. The van der Waals surface area contributed by atoms with Gasteiger partial charge in [0.15, 0.2) is 11.5 Å². The molecule has 3 rings (SSSR count). The van der Waals surface area contributed by atoms with Gasteiger partial charge in [0.1, 0.15) is 0 Å². The smallest absolute Gasteiger partial charge is 0.165 e. The Bertz CT molecular complexity index is 601. The molecule has 3 nitrogen and oxygen atoms in total. The maximum Gasteiger partial charge on any atom is 0.165 e. The van der Waals surface area contributed by atoms with E-state index in [1.54, 1.807) is 7.11 Å². The van der Waals surface area contributed by atoms with Crippen molar-refractivity contribution in [3.05, 3.63) is 47.8 Å². The molecule has 0 saturated carbocycles. The van der Waals surface area contributed by atoms with Gasteiger partial charge in [0.05, 0.1) is 13.7 Å². The zero-order chi connectivity index (χ0) is 13.9. The molecule has 20 heavy (non-hydrogen) atoms. The van der Waals surface area contributed by atoms with Gasteiger partial charge < -0.3 is 9.47 Å². The van der Waals surface area contributed by atoms with Crippen LogP contribution < -0.4 is 9.47 Å². The van der Waals surface area contributed by atoms with Crippen molar-refractivity contribution >= 4 is 11.8 Å². The average Bonchev–Trinajstić information content (AvgIpc) is 2.89. The first-order valence-electron chi connectivity index (χ1n) is 6.65. The lowest BCUT2D eigenvalue weighted by atomic mass is 9.98. The molecule has 1 aliphatic rings. The van der Waals surface area contributed by atoms with Crippen LogP contribution in [0.15, 0.2) is 41.6 Å². The summed E-state index contributed by atoms with van der Waals surface area (Å²) < 4.78 is 11.2. The molecule has 1 atom stereocenters. The van der Waals surface area contributed by atoms with Crippen molar-refractivity contribution in [3.63, 3.8) is 0 Å². The number of pyridine rings is 1. The number of aromatic nitrogens is 1. The van der Waals surface area contributed by atoms with Crippen LogP contribution in [0.4, 0.5) is 0 Å². The molecular weight excluding hydrogens is 270 g/mol. The lowest BCUT2D eigenvalue weighted by Gasteiger charge is -2.12. The van der Waals surface area contributed by atoms with Crippen LogP contribution in [0.3, 0.4) is 0 Å². The van der Waals surface area contributed by atoms with Crippen molar-refractivity contribution in [1.29, 1.82) is 0 Å². The molecule has 0 fully saturated rings. The van der Waals surface area contributed by atoms with Crippen molar-refractivity contribution in [2.45, 2.75) is 23.5 Å². The highest BCUT2D eigenvalue weighted by molar-refractivity contribution is 7.98. The van der Waals surface area contributed by atoms with Crippen LogP contribution in [-0.2, 0) is 5.75 Å². The minimum atomic E-state index is 0.424. The summed E-state index contributed by atoms with van der Waals surface area (Å²) in [6.07, 6.45) is 3.65. The van der Waals surface area contributed by atoms with Gasteiger partial charge in [-0.25, -0.2) is 0 Å². The van der Waals surface area contributed by atoms with Crippen LogP contribution in [-0.4, -0.2) is 18.7 Å². The van der Waals surface area contributed by atoms with E-state index in [2.05, 4.69) is 18.0 Å². The largest absolute Gasteiger partial charge is 0.493 e. The zero-order valence-electron chi connectivity index (χ0n) is 11.6. The van der Waals surface area contributed by atoms with Gasteiger partial charge in [-0.05, 0) is 23.8 Å². The van der Waals surface area contributed by atoms with Gasteiger partial charge in [0, 0.05) is 34.5 Å². The molecule has 1 unspecified atom stereocenters. The Morgan fingerprint density at radius 2 is 2.10 bits per heavy atom. The number of nitrogens with zero attached hydrogens (tertiary/aromatic N) is 1. The monoisotopic (exact) mass is 287 g/mol. The van der Waals surface area contributed by atoms with E-state index in [9.17, 15) is 0 Å². The minimum Gasteiger partial charge on any atom is -0.493 e. The van der Waals surface area contributed by atoms with E-state index in [0.717, 1.165) is 23.9 Å². The van der Waals surface area contributed by atoms with Gasteiger partial charge in [-0.1, -0.05) is 13.0 Å². The van der Waals surface area contributed by atoms with Gasteiger partial charge in [0.25, 0.3) is 0 Å². The summed E-state index contributed by atoms with van der Waals surface area (Å²) >= 11 is 1.82. The number of hydrogen-bond donors (Lipinski definition) is 0. The summed E-state index contributed by atoms with van der Waals surface area (Å²) in [4.78, 5) is 5.28. The normalized spacial score (nSPS) is 16.6. The van der Waals surface area contributed by atoms with Crippen LogP contribution in [0.5, 0.6) is 11.5 Å². The highest BCUT2D eigenvalue weighted by Gasteiger charge is 2.26. The van der Waals surface area contributed by atoms with Crippen molar-refractivity contribution in [2.75, 3.05) is 13.7 Å². The fourth-order valence-electron chi connectivity index (χ4n) is 2.48. The fraction of sp³-hybridized carbons (Fsp3) is 0.312. The number of thioether (sulfide) groups is 1. The lowest BCUT2D eigenvalue weighted by molar-refractivity contribution is 0.314. The van der Waals surface area contributed by atoms with Gasteiger partial charge in [-0.2, -0.15) is 0 Å². The number of hydrogen-bond acceptors (Lipinski definition) is 4. The molecule has 0 bridgehead atoms. The number of rotatable bonds is 4. The SMILES string of the molecule is COc1ccc(CSc2ccncc2)c2c1OCC2C. The maximum atomic E-state index is 5.78. The second-order valence-corrected chi connectivity index (χ2v) is 5.90. The van der Waals surface area contributed by atoms with Crippen molar-refractivity contribution < 1.29 is 9.47 Å². The fourth-order valence-corrected chi connectivity index (χ4v) is 3.37. The third-order valence-corrected chi connectivity index (χ3v) is 4.55. The molecule has 0 saturated heterocycles. The van der Waals surface area contributed by atoms with Gasteiger partial charge >= 0.3 is 0 Å². The van der Waals surface area contributed by atoms with Crippen LogP contribution in [0, 0.1) is 0 Å². The van der Waals surface area contributed by atoms with Crippen molar-refractivity contribution in [1.82, 2.24) is 4.98 Å². The summed E-state index contributed by atoms with van der Waals surface area (Å²) in [5.74, 6) is 3.12. The third-order valence-electron chi connectivity index (χ3n) is 3.48. The molecule has 4 heteroatoms. The quantitative estimate of drug-likeness (QED) is 0.799. The molecule has 0 amide bonds. The van der Waals surface area contributed by atoms with Crippen LogP contribution in [0.1, 0.15) is 24.0 Å². The molecule has 1 aliphatic heterocycles. The van der Waals surface area contributed by atoms with E-state index in [1.807, 2.05) is 42.4 Å². The Morgan fingerprint density at radius 1 is 1.30 bits per heavy atom. The molecule has 0 N–H and O–H groups in total. The Balaban J connectivity index is 1.86. The van der Waals surface area contributed by atoms with Gasteiger partial charge in [-0.3, -0.25) is 4.98 Å². The van der Waals surface area contributed by atoms with Crippen LogP contribution in [0.2, 0.25) is 0 Å². The average molecular weight is 287 g/mol. The lowest BCUT2D eigenvalue weighted by Crippen LogP contribution is -1.96. The minimum absolute atomic E-state index is 0.424. The topological polar surface area (TPSA) is 31.4 Å². The summed E-state index contributed by atoms with van der Waals surface area (Å²) in [6.45, 7) is 2.94. The summed E-state index contributed by atoms with van der Waals surface area (Å²) in [5.41, 5.74) is 2.62. The first kappa shape index (κ1) is 13.3. The molecule has 104 valence electrons. The zero-order valence-corrected chi connectivity index (χ0v) is 12.4. The van der Waals surface area contributed by atoms with E-state index < -0.39 is 0 Å². The van der Waals surface area contributed by atoms with Gasteiger partial charge in [-0.15, -0.1) is 11.8 Å². The first-order valence-corrected chi connectivity index (χ1v) is 7.63. The third kappa shape index (κ3) is 2.48. The molecule has 2 aromatic rings. The Labute approximate surface area is 123 Å². The summed E-state index contributed by atoms with van der Waals surface area (Å²) in [7, 11) is 1.69. The Kier molecular flexibility index (Phi) is 3.83. The van der Waals surface area contributed by atoms with E-state index in [-0.39, 0.29) is 0 Å². The van der Waals surface area contributed by atoms with Gasteiger partial charge in [0.2, 0.25) is 0 Å². The molecule has 2 heterocycles. The molecule has 1 aromatic heterocycles. The summed E-state index contributed by atoms with van der Waals surface area (Å²) in [6, 6.07) is 8.22. The highest BCUT2D eigenvalue weighted by atomic mass is 32.2. The molecule has 0 spiro atoms. The predicted molar refractivity (Wildman–Crippen MR) is 80.7 cm³/mol. The number of ether oxygens (including phenoxy) is 2. The van der Waals surface area contributed by atoms with E-state index in [1.165, 1.54) is 16.0 Å². The first-order chi connectivity index (χ1) is 9.79. The van der Waals surface area contributed by atoms with Crippen LogP contribution in [0.25, 0.3) is 0 Å². The highest BCUT2D eigenvalue weighted by Crippen LogP contribution is 2.44. The van der Waals surface area contributed by atoms with Crippen molar-refractivity contribution in [2.24, 2.45) is 0 Å². The molecular formula is C16H17NO2S. The predicted octanol–water partition coefficient (Wildman–Crippen LogP) is 3.88. The summed E-state index contributed by atoms with van der Waals surface area (Å²) in [5, 5.41) is 0. The maximum absolute atomic E-state index is 5.78. The number of benzene rings is 1. The molecule has 1 aromatic carbocycles. The van der Waals surface area contributed by atoms with E-state index >= 15 is 0 Å². The van der Waals surface area contributed by atoms with E-state index in [0.29, 0.717) is 5.92 Å². The number of methoxy groups -OCH3 is 1. The molecule has 0 aliphatic carbocycles. The molecule has 0 radical (unpaired) electrons. The van der Waals surface area contributed by atoms with Crippen LogP contribution >= 0.6 is 11.8 Å². The Morgan fingerprint density at radius 3 is 2.85 bits per heavy atom. The van der Waals surface area contributed by atoms with E-state index in [4.69, 9.17) is 9.47 Å². The Hall–Kier alpha value is -1.68.